The fraction of sp³-hybridized carbons (Fsp3) is 0.438. The van der Waals surface area contributed by atoms with Gasteiger partial charge in [0, 0.05) is 31.6 Å². The maximum absolute atomic E-state index is 12.6. The number of nitrogens with zero attached hydrogens (tertiary/aromatic N) is 1. The lowest BCUT2D eigenvalue weighted by atomic mass is 10.0. The number of para-hydroxylation sites is 1. The van der Waals surface area contributed by atoms with Gasteiger partial charge in [-0.15, -0.1) is 0 Å². The summed E-state index contributed by atoms with van der Waals surface area (Å²) in [5.41, 5.74) is 1.31. The summed E-state index contributed by atoms with van der Waals surface area (Å²) in [6, 6.07) is 7.07. The van der Waals surface area contributed by atoms with Crippen molar-refractivity contribution >= 4 is 26.8 Å². The number of fused-ring (bicyclic) bond motifs is 1. The number of sulfonamides is 1. The van der Waals surface area contributed by atoms with E-state index in [1.54, 1.807) is 12.3 Å². The van der Waals surface area contributed by atoms with Crippen LogP contribution in [0.5, 0.6) is 0 Å². The lowest BCUT2D eigenvalue weighted by Gasteiger charge is -2.21. The van der Waals surface area contributed by atoms with Crippen LogP contribution in [0.1, 0.15) is 10.4 Å². The van der Waals surface area contributed by atoms with E-state index in [0.29, 0.717) is 18.8 Å². The minimum atomic E-state index is -3.34. The lowest BCUT2D eigenvalue weighted by molar-refractivity contribution is 0.0927. The third kappa shape index (κ3) is 3.31. The van der Waals surface area contributed by atoms with E-state index < -0.39 is 10.0 Å². The Labute approximate surface area is 141 Å². The molecule has 8 heteroatoms. The molecule has 0 spiro atoms. The number of nitrogens with one attached hydrogen (secondary N) is 2. The molecule has 2 atom stereocenters. The summed E-state index contributed by atoms with van der Waals surface area (Å²) in [6.45, 7) is 0.644. The zero-order valence-electron chi connectivity index (χ0n) is 13.7. The average molecular weight is 351 g/mol. The Morgan fingerprint density at radius 3 is 2.88 bits per heavy atom. The lowest BCUT2D eigenvalue weighted by Crippen LogP contribution is -2.43. The molecule has 1 amide bonds. The van der Waals surface area contributed by atoms with Crippen LogP contribution in [-0.4, -0.2) is 62.7 Å². The number of amides is 1. The fourth-order valence-electron chi connectivity index (χ4n) is 2.86. The smallest absolute Gasteiger partial charge is 0.253 e. The van der Waals surface area contributed by atoms with E-state index in [0.717, 1.165) is 10.9 Å². The van der Waals surface area contributed by atoms with Gasteiger partial charge in [0.1, 0.15) is 0 Å². The van der Waals surface area contributed by atoms with E-state index >= 15 is 0 Å². The predicted molar refractivity (Wildman–Crippen MR) is 91.3 cm³/mol. The third-order valence-corrected chi connectivity index (χ3v) is 6.29. The van der Waals surface area contributed by atoms with Crippen LogP contribution in [-0.2, 0) is 14.8 Å². The van der Waals surface area contributed by atoms with Gasteiger partial charge in [0.15, 0.2) is 0 Å². The molecule has 1 aliphatic rings. The number of carbonyl (C=O) groups excluding carboxylic acids is 1. The molecule has 0 saturated carbocycles. The molecule has 2 aromatic rings. The first-order chi connectivity index (χ1) is 11.4. The van der Waals surface area contributed by atoms with Crippen LogP contribution in [0.4, 0.5) is 0 Å². The molecule has 2 N–H and O–H groups in total. The number of hydrogen-bond acceptors (Lipinski definition) is 4. The van der Waals surface area contributed by atoms with Crippen LogP contribution >= 0.6 is 0 Å². The maximum Gasteiger partial charge on any atom is 0.253 e. The van der Waals surface area contributed by atoms with Crippen molar-refractivity contribution in [3.05, 3.63) is 36.0 Å². The summed E-state index contributed by atoms with van der Waals surface area (Å²) in [5, 5.41) is 3.88. The Hall–Kier alpha value is -1.90. The summed E-state index contributed by atoms with van der Waals surface area (Å²) >= 11 is 0. The molecule has 0 bridgehead atoms. The Balaban J connectivity index is 1.75. The maximum atomic E-state index is 12.6. The molecule has 130 valence electrons. The van der Waals surface area contributed by atoms with Crippen LogP contribution < -0.4 is 5.32 Å². The van der Waals surface area contributed by atoms with Crippen molar-refractivity contribution in [2.45, 2.75) is 6.04 Å². The number of aromatic amines is 1. The molecule has 1 aliphatic heterocycles. The van der Waals surface area contributed by atoms with Gasteiger partial charge in [-0.05, 0) is 12.1 Å². The minimum Gasteiger partial charge on any atom is -0.379 e. The molecule has 7 nitrogen and oxygen atoms in total. The first-order valence-electron chi connectivity index (χ1n) is 7.73. The van der Waals surface area contributed by atoms with Crippen LogP contribution in [0, 0.1) is 5.92 Å². The predicted octanol–water partition coefficient (Wildman–Crippen LogP) is 0.804. The highest BCUT2D eigenvalue weighted by molar-refractivity contribution is 7.89. The standard InChI is InChI=1S/C16H21N3O4S/c1-19(2)24(21,22)10-12-8-23-9-14(12)18-16(20)13-5-3-4-11-6-7-17-15(11)13/h3-7,12,14,17H,8-10H2,1-2H3,(H,18,20)/t12-,14-/m0/s1. The zero-order chi connectivity index (χ0) is 17.3. The number of benzene rings is 1. The van der Waals surface area contributed by atoms with Gasteiger partial charge in [-0.2, -0.15) is 0 Å². The Morgan fingerprint density at radius 2 is 2.12 bits per heavy atom. The van der Waals surface area contributed by atoms with Gasteiger partial charge >= 0.3 is 0 Å². The topological polar surface area (TPSA) is 91.5 Å². The average Bonchev–Trinajstić information content (AvgIpc) is 3.15. The van der Waals surface area contributed by atoms with Gasteiger partial charge < -0.3 is 15.0 Å². The van der Waals surface area contributed by atoms with Crippen LogP contribution in [0.2, 0.25) is 0 Å². The monoisotopic (exact) mass is 351 g/mol. The molecule has 0 aliphatic carbocycles. The van der Waals surface area contributed by atoms with E-state index in [-0.39, 0.29) is 23.6 Å². The van der Waals surface area contributed by atoms with Crippen molar-refractivity contribution in [1.82, 2.24) is 14.6 Å². The SMILES string of the molecule is CN(C)S(=O)(=O)C[C@@H]1COC[C@@H]1NC(=O)c1cccc2cc[nH]c12. The van der Waals surface area contributed by atoms with E-state index in [1.165, 1.54) is 18.4 Å². The molecule has 0 unspecified atom stereocenters. The first-order valence-corrected chi connectivity index (χ1v) is 9.34. The van der Waals surface area contributed by atoms with Crippen LogP contribution in [0.15, 0.2) is 30.5 Å². The summed E-state index contributed by atoms with van der Waals surface area (Å²) < 4.78 is 30.8. The second kappa shape index (κ2) is 6.54. The van der Waals surface area contributed by atoms with E-state index in [4.69, 9.17) is 4.74 Å². The van der Waals surface area contributed by atoms with Crippen LogP contribution in [0.25, 0.3) is 10.9 Å². The molecule has 1 fully saturated rings. The van der Waals surface area contributed by atoms with Gasteiger partial charge in [-0.25, -0.2) is 12.7 Å². The van der Waals surface area contributed by atoms with E-state index in [1.807, 2.05) is 18.2 Å². The summed E-state index contributed by atoms with van der Waals surface area (Å²) in [4.78, 5) is 15.7. The molecule has 3 rings (SSSR count). The number of carbonyl (C=O) groups is 1. The minimum absolute atomic E-state index is 0.0440. The highest BCUT2D eigenvalue weighted by atomic mass is 32.2. The fourth-order valence-corrected chi connectivity index (χ4v) is 4.03. The molecule has 1 aromatic heterocycles. The molecule has 0 radical (unpaired) electrons. The quantitative estimate of drug-likeness (QED) is 0.834. The third-order valence-electron chi connectivity index (χ3n) is 4.33. The van der Waals surface area contributed by atoms with Crippen molar-refractivity contribution in [3.8, 4) is 0 Å². The summed E-state index contributed by atoms with van der Waals surface area (Å²) in [5.74, 6) is -0.535. The number of ether oxygens (including phenoxy) is 1. The summed E-state index contributed by atoms with van der Waals surface area (Å²) in [7, 11) is -0.336. The van der Waals surface area contributed by atoms with Crippen molar-refractivity contribution in [2.24, 2.45) is 5.92 Å². The Bertz CT molecular complexity index is 844. The molecule has 1 saturated heterocycles. The molecule has 1 aromatic carbocycles. The van der Waals surface area contributed by atoms with Gasteiger partial charge in [0.2, 0.25) is 10.0 Å². The largest absolute Gasteiger partial charge is 0.379 e. The van der Waals surface area contributed by atoms with E-state index in [2.05, 4.69) is 10.3 Å². The van der Waals surface area contributed by atoms with Crippen LogP contribution in [0.3, 0.4) is 0 Å². The van der Waals surface area contributed by atoms with Crippen molar-refractivity contribution in [1.29, 1.82) is 0 Å². The number of rotatable bonds is 5. The first kappa shape index (κ1) is 16.9. The molecule has 2 heterocycles. The van der Waals surface area contributed by atoms with Crippen molar-refractivity contribution < 1.29 is 17.9 Å². The molecule has 24 heavy (non-hydrogen) atoms. The Kier molecular flexibility index (Phi) is 4.62. The molecular formula is C16H21N3O4S. The second-order valence-corrected chi connectivity index (χ2v) is 8.41. The van der Waals surface area contributed by atoms with Gasteiger partial charge in [0.05, 0.1) is 36.1 Å². The molecular weight excluding hydrogens is 330 g/mol. The van der Waals surface area contributed by atoms with E-state index in [9.17, 15) is 13.2 Å². The van der Waals surface area contributed by atoms with Crippen molar-refractivity contribution in [2.75, 3.05) is 33.1 Å². The Morgan fingerprint density at radius 1 is 1.33 bits per heavy atom. The summed E-state index contributed by atoms with van der Waals surface area (Å²) in [6.07, 6.45) is 1.78. The van der Waals surface area contributed by atoms with Gasteiger partial charge in [0.25, 0.3) is 5.91 Å². The number of H-pyrrole nitrogens is 1. The van der Waals surface area contributed by atoms with Crippen molar-refractivity contribution in [3.63, 3.8) is 0 Å². The number of hydrogen-bond donors (Lipinski definition) is 2. The highest BCUT2D eigenvalue weighted by Crippen LogP contribution is 2.20. The van der Waals surface area contributed by atoms with Gasteiger partial charge in [-0.3, -0.25) is 4.79 Å². The number of aromatic nitrogens is 1. The second-order valence-electron chi connectivity index (χ2n) is 6.19. The highest BCUT2D eigenvalue weighted by Gasteiger charge is 2.34. The van der Waals surface area contributed by atoms with Gasteiger partial charge in [-0.1, -0.05) is 12.1 Å². The normalized spacial score (nSPS) is 21.5. The zero-order valence-corrected chi connectivity index (χ0v) is 14.5.